The number of nitrogens with one attached hydrogen (secondary N) is 1. The Hall–Kier alpha value is -0.850. The Bertz CT molecular complexity index is 432. The van der Waals surface area contributed by atoms with Crippen LogP contribution in [-0.2, 0) is 4.79 Å². The van der Waals surface area contributed by atoms with Crippen molar-refractivity contribution in [3.05, 3.63) is 29.3 Å². The van der Waals surface area contributed by atoms with Gasteiger partial charge in [0.05, 0.1) is 18.1 Å². The molecule has 0 unspecified atom stereocenters. The normalized spacial score (nSPS) is 11.4. The van der Waals surface area contributed by atoms with Gasteiger partial charge in [0, 0.05) is 17.1 Å². The van der Waals surface area contributed by atoms with Crippen LogP contribution >= 0.6 is 23.4 Å². The van der Waals surface area contributed by atoms with Crippen LogP contribution in [0.25, 0.3) is 0 Å². The van der Waals surface area contributed by atoms with E-state index in [0.717, 1.165) is 4.90 Å². The molecule has 0 heterocycles. The van der Waals surface area contributed by atoms with Crippen molar-refractivity contribution in [2.75, 3.05) is 18.8 Å². The van der Waals surface area contributed by atoms with Crippen molar-refractivity contribution in [2.45, 2.75) is 17.2 Å². The highest BCUT2D eigenvalue weighted by atomic mass is 35.5. The Morgan fingerprint density at radius 3 is 2.74 bits per heavy atom. The van der Waals surface area contributed by atoms with Gasteiger partial charge >= 0.3 is 0 Å². The minimum absolute atomic E-state index is 0.149. The zero-order valence-electron chi connectivity index (χ0n) is 10.2. The van der Waals surface area contributed by atoms with Crippen LogP contribution in [0.5, 0.6) is 0 Å². The number of nitrogens with two attached hydrogens (primary N) is 1. The van der Waals surface area contributed by atoms with Gasteiger partial charge in [-0.3, -0.25) is 4.79 Å². The molecule has 0 aliphatic carbocycles. The zero-order chi connectivity index (χ0) is 14.3. The largest absolute Gasteiger partial charge is 0.350 e. The highest BCUT2D eigenvalue weighted by molar-refractivity contribution is 7.99. The summed E-state index contributed by atoms with van der Waals surface area (Å²) in [7, 11) is 0. The van der Waals surface area contributed by atoms with E-state index in [4.69, 9.17) is 17.3 Å². The second kappa shape index (κ2) is 7.67. The minimum atomic E-state index is -3.05. The second-order valence-corrected chi connectivity index (χ2v) is 5.41. The maximum absolute atomic E-state index is 12.8. The number of hydrogen-bond acceptors (Lipinski definition) is 3. The lowest BCUT2D eigenvalue weighted by molar-refractivity contribution is -0.122. The molecule has 0 aliphatic rings. The summed E-state index contributed by atoms with van der Waals surface area (Å²) in [4.78, 5) is 12.2. The molecule has 0 aliphatic heterocycles. The number of amides is 1. The van der Waals surface area contributed by atoms with Gasteiger partial charge in [-0.2, -0.15) is 0 Å². The Kier molecular flexibility index (Phi) is 6.54. The summed E-state index contributed by atoms with van der Waals surface area (Å²) >= 11 is 7.35. The molecule has 3 N–H and O–H groups in total. The van der Waals surface area contributed by atoms with Gasteiger partial charge in [0.25, 0.3) is 5.92 Å². The zero-order valence-corrected chi connectivity index (χ0v) is 11.7. The van der Waals surface area contributed by atoms with Crippen molar-refractivity contribution in [2.24, 2.45) is 5.73 Å². The Morgan fingerprint density at radius 1 is 1.42 bits per heavy atom. The van der Waals surface area contributed by atoms with Gasteiger partial charge in [-0.05, 0) is 12.1 Å². The van der Waals surface area contributed by atoms with E-state index in [1.807, 2.05) is 18.2 Å². The van der Waals surface area contributed by atoms with E-state index in [1.165, 1.54) is 11.8 Å². The summed E-state index contributed by atoms with van der Waals surface area (Å²) in [6, 6.07) is 7.25. The van der Waals surface area contributed by atoms with E-state index >= 15 is 0 Å². The molecule has 3 nitrogen and oxygen atoms in total. The van der Waals surface area contributed by atoms with Gasteiger partial charge in [0.1, 0.15) is 0 Å². The van der Waals surface area contributed by atoms with Crippen LogP contribution in [0, 0.1) is 0 Å². The summed E-state index contributed by atoms with van der Waals surface area (Å²) in [6.07, 6.45) is 0.149. The van der Waals surface area contributed by atoms with Crippen LogP contribution in [0.1, 0.15) is 6.42 Å². The molecule has 0 bridgehead atoms. The summed E-state index contributed by atoms with van der Waals surface area (Å²) in [5, 5.41) is 2.77. The maximum atomic E-state index is 12.8. The highest BCUT2D eigenvalue weighted by Crippen LogP contribution is 2.26. The fraction of sp³-hybridized carbons (Fsp3) is 0.417. The quantitative estimate of drug-likeness (QED) is 0.761. The highest BCUT2D eigenvalue weighted by Gasteiger charge is 2.26. The molecule has 0 aromatic heterocycles. The van der Waals surface area contributed by atoms with Crippen molar-refractivity contribution < 1.29 is 13.6 Å². The third-order valence-electron chi connectivity index (χ3n) is 2.27. The standard InChI is InChI=1S/C12H15ClF2N2OS/c13-9-3-1-2-4-10(9)19-6-5-11(18)17-8-12(14,15)7-16/h1-4H,5-8,16H2,(H,17,18). The molecular weight excluding hydrogens is 294 g/mol. The Morgan fingerprint density at radius 2 is 2.11 bits per heavy atom. The Balaban J connectivity index is 2.26. The van der Waals surface area contributed by atoms with Crippen molar-refractivity contribution in [3.63, 3.8) is 0 Å². The van der Waals surface area contributed by atoms with E-state index < -0.39 is 24.9 Å². The first-order valence-corrected chi connectivity index (χ1v) is 7.03. The molecule has 0 radical (unpaired) electrons. The molecule has 1 aromatic rings. The van der Waals surface area contributed by atoms with Crippen LogP contribution in [-0.4, -0.2) is 30.7 Å². The average molecular weight is 309 g/mol. The third-order valence-corrected chi connectivity index (χ3v) is 3.78. The summed E-state index contributed by atoms with van der Waals surface area (Å²) in [5.74, 6) is -3.00. The Labute approximate surface area is 119 Å². The van der Waals surface area contributed by atoms with E-state index in [2.05, 4.69) is 5.32 Å². The van der Waals surface area contributed by atoms with E-state index in [-0.39, 0.29) is 6.42 Å². The van der Waals surface area contributed by atoms with Crippen molar-refractivity contribution in [1.82, 2.24) is 5.32 Å². The molecule has 19 heavy (non-hydrogen) atoms. The van der Waals surface area contributed by atoms with Crippen molar-refractivity contribution in [1.29, 1.82) is 0 Å². The summed E-state index contributed by atoms with van der Waals surface area (Å²) in [5.41, 5.74) is 4.87. The van der Waals surface area contributed by atoms with Crippen LogP contribution < -0.4 is 11.1 Å². The van der Waals surface area contributed by atoms with E-state index in [9.17, 15) is 13.6 Å². The monoisotopic (exact) mass is 308 g/mol. The average Bonchev–Trinajstić information content (AvgIpc) is 2.39. The summed E-state index contributed by atoms with van der Waals surface area (Å²) in [6.45, 7) is -1.50. The number of alkyl halides is 2. The first-order chi connectivity index (χ1) is 8.94. The predicted molar refractivity (Wildman–Crippen MR) is 73.8 cm³/mol. The van der Waals surface area contributed by atoms with Gasteiger partial charge in [-0.1, -0.05) is 23.7 Å². The molecule has 0 saturated heterocycles. The molecule has 1 rings (SSSR count). The van der Waals surface area contributed by atoms with Gasteiger partial charge < -0.3 is 11.1 Å². The molecule has 1 amide bonds. The van der Waals surface area contributed by atoms with Crippen LogP contribution in [0.15, 0.2) is 29.2 Å². The smallest absolute Gasteiger partial charge is 0.277 e. The number of thioether (sulfide) groups is 1. The molecule has 0 saturated carbocycles. The third kappa shape index (κ3) is 6.22. The first kappa shape index (κ1) is 16.2. The topological polar surface area (TPSA) is 55.1 Å². The van der Waals surface area contributed by atoms with Gasteiger partial charge in [0.2, 0.25) is 5.91 Å². The lowest BCUT2D eigenvalue weighted by Crippen LogP contribution is -2.41. The summed E-state index contributed by atoms with van der Waals surface area (Å²) < 4.78 is 25.6. The van der Waals surface area contributed by atoms with Crippen LogP contribution in [0.2, 0.25) is 5.02 Å². The van der Waals surface area contributed by atoms with Crippen molar-refractivity contribution >= 4 is 29.3 Å². The van der Waals surface area contributed by atoms with Crippen LogP contribution in [0.4, 0.5) is 8.78 Å². The molecule has 1 aromatic carbocycles. The fourth-order valence-electron chi connectivity index (χ4n) is 1.20. The number of halogens is 3. The SMILES string of the molecule is NCC(F)(F)CNC(=O)CCSc1ccccc1Cl. The molecular formula is C12H15ClF2N2OS. The second-order valence-electron chi connectivity index (χ2n) is 3.87. The van der Waals surface area contributed by atoms with Crippen LogP contribution in [0.3, 0.4) is 0 Å². The molecule has 0 fully saturated rings. The molecule has 0 spiro atoms. The lowest BCUT2D eigenvalue weighted by Gasteiger charge is -2.14. The minimum Gasteiger partial charge on any atom is -0.350 e. The molecule has 106 valence electrons. The number of benzene rings is 1. The van der Waals surface area contributed by atoms with E-state index in [0.29, 0.717) is 10.8 Å². The van der Waals surface area contributed by atoms with Crippen molar-refractivity contribution in [3.8, 4) is 0 Å². The number of carbonyl (C=O) groups is 1. The number of hydrogen-bond donors (Lipinski definition) is 2. The number of rotatable bonds is 7. The number of carbonyl (C=O) groups excluding carboxylic acids is 1. The van der Waals surface area contributed by atoms with Gasteiger partial charge in [-0.15, -0.1) is 11.8 Å². The fourth-order valence-corrected chi connectivity index (χ4v) is 2.39. The first-order valence-electron chi connectivity index (χ1n) is 5.66. The maximum Gasteiger partial charge on any atom is 0.277 e. The van der Waals surface area contributed by atoms with E-state index in [1.54, 1.807) is 6.07 Å². The van der Waals surface area contributed by atoms with Gasteiger partial charge in [0.15, 0.2) is 0 Å². The molecule has 7 heteroatoms. The predicted octanol–water partition coefficient (Wildman–Crippen LogP) is 2.53. The lowest BCUT2D eigenvalue weighted by atomic mass is 10.3. The van der Waals surface area contributed by atoms with Gasteiger partial charge in [-0.25, -0.2) is 8.78 Å². The molecule has 0 atom stereocenters.